The number of oxime groups is 1. The molecule has 0 aliphatic carbocycles. The van der Waals surface area contributed by atoms with Crippen molar-refractivity contribution < 1.29 is 18.4 Å². The van der Waals surface area contributed by atoms with Crippen molar-refractivity contribution in [2.75, 3.05) is 18.1 Å². The molecule has 0 saturated carbocycles. The number of halogens is 3. The van der Waals surface area contributed by atoms with Crippen LogP contribution >= 0.6 is 11.8 Å². The van der Waals surface area contributed by atoms with Crippen LogP contribution in [-0.4, -0.2) is 30.0 Å². The van der Waals surface area contributed by atoms with E-state index in [-0.39, 0.29) is 0 Å². The predicted molar refractivity (Wildman–Crippen MR) is 69.7 cm³/mol. The van der Waals surface area contributed by atoms with Gasteiger partial charge in [0.2, 0.25) is 0 Å². The highest BCUT2D eigenvalue weighted by Gasteiger charge is 2.42. The lowest BCUT2D eigenvalue weighted by Gasteiger charge is -2.20. The summed E-state index contributed by atoms with van der Waals surface area (Å²) >= 11 is 1.48. The van der Waals surface area contributed by atoms with Gasteiger partial charge in [-0.25, -0.2) is 0 Å². The normalized spacial score (nSPS) is 14.2. The molecule has 1 aromatic rings. The van der Waals surface area contributed by atoms with E-state index in [2.05, 4.69) is 10.5 Å². The van der Waals surface area contributed by atoms with Gasteiger partial charge in [-0.3, -0.25) is 0 Å². The molecule has 0 aliphatic heterocycles. The van der Waals surface area contributed by atoms with Crippen LogP contribution in [-0.2, 0) is 0 Å². The SMILES string of the molecule is CSc1cccc(NCC(/C(N)=N/O)C(F)(F)F)c1. The third-order valence-corrected chi connectivity index (χ3v) is 3.17. The fourth-order valence-corrected chi connectivity index (χ4v) is 1.87. The molecule has 0 bridgehead atoms. The maximum Gasteiger partial charge on any atom is 0.400 e. The summed E-state index contributed by atoms with van der Waals surface area (Å²) in [5.41, 5.74) is 5.61. The van der Waals surface area contributed by atoms with Crippen molar-refractivity contribution in [3.05, 3.63) is 24.3 Å². The zero-order valence-electron chi connectivity index (χ0n) is 10.1. The summed E-state index contributed by atoms with van der Waals surface area (Å²) < 4.78 is 38.1. The van der Waals surface area contributed by atoms with Gasteiger partial charge < -0.3 is 16.3 Å². The highest BCUT2D eigenvalue weighted by molar-refractivity contribution is 7.98. The minimum Gasteiger partial charge on any atom is -0.409 e. The first-order chi connectivity index (χ1) is 8.88. The fourth-order valence-electron chi connectivity index (χ4n) is 1.41. The molecule has 0 saturated heterocycles. The molecule has 0 amide bonds. The van der Waals surface area contributed by atoms with Crippen molar-refractivity contribution in [1.29, 1.82) is 0 Å². The van der Waals surface area contributed by atoms with Gasteiger partial charge >= 0.3 is 6.18 Å². The van der Waals surface area contributed by atoms with Crippen molar-refractivity contribution in [3.63, 3.8) is 0 Å². The van der Waals surface area contributed by atoms with E-state index in [0.717, 1.165) is 4.90 Å². The Morgan fingerprint density at radius 1 is 1.53 bits per heavy atom. The number of thioether (sulfide) groups is 1. The lowest BCUT2D eigenvalue weighted by atomic mass is 10.1. The van der Waals surface area contributed by atoms with Crippen LogP contribution in [0.5, 0.6) is 0 Å². The first-order valence-electron chi connectivity index (χ1n) is 5.30. The van der Waals surface area contributed by atoms with Gasteiger partial charge in [0.1, 0.15) is 5.92 Å². The first kappa shape index (κ1) is 15.5. The Hall–Kier alpha value is -1.57. The number of nitrogens with zero attached hydrogens (tertiary/aromatic N) is 1. The molecule has 0 aromatic heterocycles. The van der Waals surface area contributed by atoms with Gasteiger partial charge in [-0.15, -0.1) is 11.8 Å². The summed E-state index contributed by atoms with van der Waals surface area (Å²) in [5, 5.41) is 13.4. The van der Waals surface area contributed by atoms with Gasteiger partial charge in [0.15, 0.2) is 5.84 Å². The number of rotatable bonds is 5. The monoisotopic (exact) mass is 293 g/mol. The second-order valence-electron chi connectivity index (χ2n) is 3.73. The summed E-state index contributed by atoms with van der Waals surface area (Å²) in [6, 6.07) is 6.96. The fraction of sp³-hybridized carbons (Fsp3) is 0.364. The summed E-state index contributed by atoms with van der Waals surface area (Å²) in [5.74, 6) is -2.89. The topological polar surface area (TPSA) is 70.6 Å². The molecular formula is C11H14F3N3OS. The predicted octanol–water partition coefficient (Wildman–Crippen LogP) is 2.75. The second kappa shape index (κ2) is 6.55. The lowest BCUT2D eigenvalue weighted by Crippen LogP contribution is -2.40. The maximum absolute atomic E-state index is 12.7. The number of nitrogens with two attached hydrogens (primary N) is 1. The highest BCUT2D eigenvalue weighted by atomic mass is 32.2. The average Bonchev–Trinajstić information content (AvgIpc) is 2.37. The van der Waals surface area contributed by atoms with E-state index >= 15 is 0 Å². The number of hydrogen-bond donors (Lipinski definition) is 3. The van der Waals surface area contributed by atoms with Crippen LogP contribution in [0.3, 0.4) is 0 Å². The van der Waals surface area contributed by atoms with Crippen LogP contribution in [0.25, 0.3) is 0 Å². The van der Waals surface area contributed by atoms with E-state index < -0.39 is 24.5 Å². The highest BCUT2D eigenvalue weighted by Crippen LogP contribution is 2.27. The Balaban J connectivity index is 2.76. The molecule has 4 N–H and O–H groups in total. The molecule has 0 spiro atoms. The zero-order chi connectivity index (χ0) is 14.5. The summed E-state index contributed by atoms with van der Waals surface area (Å²) in [6.45, 7) is -0.489. The van der Waals surface area contributed by atoms with Gasteiger partial charge in [-0.05, 0) is 24.5 Å². The van der Waals surface area contributed by atoms with Crippen LogP contribution in [0.15, 0.2) is 34.3 Å². The minimum atomic E-state index is -4.57. The van der Waals surface area contributed by atoms with Gasteiger partial charge in [0.25, 0.3) is 0 Å². The van der Waals surface area contributed by atoms with E-state index in [1.807, 2.05) is 12.3 Å². The standard InChI is InChI=1S/C11H14F3N3OS/c1-19-8-4-2-3-7(5-8)16-6-9(10(15)17-18)11(12,13)14/h2-5,9,16,18H,6H2,1H3,(H2,15,17). The Labute approximate surface area is 112 Å². The number of nitrogens with one attached hydrogen (secondary N) is 1. The van der Waals surface area contributed by atoms with E-state index in [4.69, 9.17) is 10.9 Å². The van der Waals surface area contributed by atoms with E-state index in [1.54, 1.807) is 18.2 Å². The Kier molecular flexibility index (Phi) is 5.34. The summed E-state index contributed by atoms with van der Waals surface area (Å²) in [4.78, 5) is 0.928. The molecule has 19 heavy (non-hydrogen) atoms. The second-order valence-corrected chi connectivity index (χ2v) is 4.61. The number of alkyl halides is 3. The molecule has 1 unspecified atom stereocenters. The van der Waals surface area contributed by atoms with Gasteiger partial charge in [0.05, 0.1) is 0 Å². The molecular weight excluding hydrogens is 279 g/mol. The van der Waals surface area contributed by atoms with Crippen LogP contribution in [0.1, 0.15) is 0 Å². The van der Waals surface area contributed by atoms with Crippen LogP contribution in [0.2, 0.25) is 0 Å². The average molecular weight is 293 g/mol. The molecule has 1 rings (SSSR count). The molecule has 0 fully saturated rings. The van der Waals surface area contributed by atoms with Crippen molar-refractivity contribution in [2.24, 2.45) is 16.8 Å². The number of anilines is 1. The van der Waals surface area contributed by atoms with Crippen molar-refractivity contribution >= 4 is 23.3 Å². The number of amidine groups is 1. The quantitative estimate of drug-likeness (QED) is 0.257. The molecule has 1 aromatic carbocycles. The lowest BCUT2D eigenvalue weighted by molar-refractivity contribution is -0.152. The Bertz CT molecular complexity index is 451. The molecule has 106 valence electrons. The third-order valence-electron chi connectivity index (χ3n) is 2.45. The van der Waals surface area contributed by atoms with Crippen molar-refractivity contribution in [1.82, 2.24) is 0 Å². The largest absolute Gasteiger partial charge is 0.409 e. The Morgan fingerprint density at radius 3 is 2.74 bits per heavy atom. The summed E-state index contributed by atoms with van der Waals surface area (Å²) in [6.07, 6.45) is -2.70. The van der Waals surface area contributed by atoms with Crippen LogP contribution in [0, 0.1) is 5.92 Å². The van der Waals surface area contributed by atoms with E-state index in [9.17, 15) is 13.2 Å². The molecule has 8 heteroatoms. The smallest absolute Gasteiger partial charge is 0.400 e. The third kappa shape index (κ3) is 4.55. The number of benzene rings is 1. The zero-order valence-corrected chi connectivity index (χ0v) is 10.9. The Morgan fingerprint density at radius 2 is 2.21 bits per heavy atom. The van der Waals surface area contributed by atoms with Crippen LogP contribution in [0.4, 0.5) is 18.9 Å². The maximum atomic E-state index is 12.7. The van der Waals surface area contributed by atoms with E-state index in [0.29, 0.717) is 5.69 Å². The first-order valence-corrected chi connectivity index (χ1v) is 6.53. The van der Waals surface area contributed by atoms with Crippen molar-refractivity contribution in [3.8, 4) is 0 Å². The van der Waals surface area contributed by atoms with Gasteiger partial charge in [0, 0.05) is 17.1 Å². The van der Waals surface area contributed by atoms with Crippen molar-refractivity contribution in [2.45, 2.75) is 11.1 Å². The van der Waals surface area contributed by atoms with E-state index in [1.165, 1.54) is 11.8 Å². The number of hydrogen-bond acceptors (Lipinski definition) is 4. The molecule has 4 nitrogen and oxygen atoms in total. The van der Waals surface area contributed by atoms with Crippen LogP contribution < -0.4 is 11.1 Å². The molecule has 0 aliphatic rings. The van der Waals surface area contributed by atoms with Gasteiger partial charge in [-0.1, -0.05) is 11.2 Å². The molecule has 0 radical (unpaired) electrons. The molecule has 0 heterocycles. The summed E-state index contributed by atoms with van der Waals surface area (Å²) in [7, 11) is 0. The van der Waals surface area contributed by atoms with Gasteiger partial charge in [-0.2, -0.15) is 13.2 Å². The minimum absolute atomic E-state index is 0.489. The molecule has 1 atom stereocenters.